The van der Waals surface area contributed by atoms with E-state index in [4.69, 9.17) is 5.73 Å². The number of fused-ring (bicyclic) bond motifs is 1. The van der Waals surface area contributed by atoms with Crippen molar-refractivity contribution in [3.63, 3.8) is 0 Å². The highest BCUT2D eigenvalue weighted by molar-refractivity contribution is 5.90. The minimum atomic E-state index is -0.00774. The Kier molecular flexibility index (Phi) is 3.39. The van der Waals surface area contributed by atoms with Gasteiger partial charge in [-0.2, -0.15) is 0 Å². The normalized spacial score (nSPS) is 10.7. The van der Waals surface area contributed by atoms with Crippen LogP contribution in [0.4, 0.5) is 5.69 Å². The largest absolute Gasteiger partial charge is 0.330 e. The Morgan fingerprint density at radius 3 is 3.06 bits per heavy atom. The van der Waals surface area contributed by atoms with Crippen molar-refractivity contribution in [2.45, 2.75) is 19.8 Å². The van der Waals surface area contributed by atoms with E-state index in [-0.39, 0.29) is 5.91 Å². The minimum Gasteiger partial charge on any atom is -0.330 e. The van der Waals surface area contributed by atoms with E-state index in [0.29, 0.717) is 19.4 Å². The molecule has 2 rings (SSSR count). The van der Waals surface area contributed by atoms with E-state index in [1.807, 2.05) is 35.9 Å². The summed E-state index contributed by atoms with van der Waals surface area (Å²) in [7, 11) is 0. The maximum Gasteiger partial charge on any atom is 0.224 e. The molecule has 0 bridgehead atoms. The molecule has 2 aromatic rings. The summed E-state index contributed by atoms with van der Waals surface area (Å²) in [4.78, 5) is 15.8. The second-order valence-electron chi connectivity index (χ2n) is 4.01. The number of carbonyl (C=O) groups is 1. The third kappa shape index (κ3) is 2.82. The molecule has 0 aromatic carbocycles. The van der Waals surface area contributed by atoms with Crippen LogP contribution in [-0.4, -0.2) is 21.8 Å². The lowest BCUT2D eigenvalue weighted by molar-refractivity contribution is -0.116. The number of hydrogen-bond donors (Lipinski definition) is 2. The van der Waals surface area contributed by atoms with Crippen molar-refractivity contribution in [1.82, 2.24) is 9.38 Å². The van der Waals surface area contributed by atoms with Crippen LogP contribution in [0.15, 0.2) is 24.5 Å². The van der Waals surface area contributed by atoms with Gasteiger partial charge in [-0.15, -0.1) is 0 Å². The molecule has 90 valence electrons. The number of aryl methyl sites for hydroxylation is 1. The zero-order valence-corrected chi connectivity index (χ0v) is 9.81. The van der Waals surface area contributed by atoms with Crippen molar-refractivity contribution < 1.29 is 4.79 Å². The van der Waals surface area contributed by atoms with Crippen molar-refractivity contribution >= 4 is 17.2 Å². The molecule has 5 nitrogen and oxygen atoms in total. The van der Waals surface area contributed by atoms with Crippen molar-refractivity contribution in [2.24, 2.45) is 5.73 Å². The van der Waals surface area contributed by atoms with Crippen LogP contribution >= 0.6 is 0 Å². The molecule has 0 atom stereocenters. The number of nitrogens with two attached hydrogens (primary N) is 1. The van der Waals surface area contributed by atoms with E-state index in [1.54, 1.807) is 0 Å². The summed E-state index contributed by atoms with van der Waals surface area (Å²) in [6, 6.07) is 3.73. The van der Waals surface area contributed by atoms with Crippen molar-refractivity contribution in [2.75, 3.05) is 11.9 Å². The number of nitrogens with zero attached hydrogens (tertiary/aromatic N) is 2. The summed E-state index contributed by atoms with van der Waals surface area (Å²) in [6.07, 6.45) is 4.94. The quantitative estimate of drug-likeness (QED) is 0.835. The molecular formula is C12H16N4O. The molecule has 0 aliphatic rings. The van der Waals surface area contributed by atoms with Crippen LogP contribution in [-0.2, 0) is 4.79 Å². The fourth-order valence-electron chi connectivity index (χ4n) is 1.68. The summed E-state index contributed by atoms with van der Waals surface area (Å²) in [5.41, 5.74) is 7.96. The number of aromatic nitrogens is 2. The maximum atomic E-state index is 11.5. The van der Waals surface area contributed by atoms with E-state index in [9.17, 15) is 4.79 Å². The van der Waals surface area contributed by atoms with Gasteiger partial charge in [0.1, 0.15) is 5.65 Å². The summed E-state index contributed by atoms with van der Waals surface area (Å²) < 4.78 is 1.90. The van der Waals surface area contributed by atoms with Gasteiger partial charge in [0.05, 0.1) is 11.4 Å². The lowest BCUT2D eigenvalue weighted by Crippen LogP contribution is -2.13. The highest BCUT2D eigenvalue weighted by Crippen LogP contribution is 2.11. The molecule has 17 heavy (non-hydrogen) atoms. The Labute approximate surface area is 99.6 Å². The molecule has 0 aliphatic heterocycles. The maximum absolute atomic E-state index is 11.5. The van der Waals surface area contributed by atoms with Crippen LogP contribution in [0.1, 0.15) is 18.5 Å². The Morgan fingerprint density at radius 2 is 2.29 bits per heavy atom. The third-order valence-corrected chi connectivity index (χ3v) is 2.46. The Morgan fingerprint density at radius 1 is 1.47 bits per heavy atom. The fraction of sp³-hybridized carbons (Fsp3) is 0.333. The molecule has 0 saturated carbocycles. The van der Waals surface area contributed by atoms with E-state index < -0.39 is 0 Å². The first-order valence-electron chi connectivity index (χ1n) is 5.64. The van der Waals surface area contributed by atoms with Gasteiger partial charge in [0, 0.05) is 18.8 Å². The number of amides is 1. The van der Waals surface area contributed by atoms with Crippen LogP contribution < -0.4 is 11.1 Å². The first kappa shape index (κ1) is 11.6. The smallest absolute Gasteiger partial charge is 0.224 e. The van der Waals surface area contributed by atoms with Gasteiger partial charge in [0.2, 0.25) is 5.91 Å². The molecule has 0 saturated heterocycles. The fourth-order valence-corrected chi connectivity index (χ4v) is 1.68. The van der Waals surface area contributed by atoms with E-state index in [0.717, 1.165) is 17.0 Å². The van der Waals surface area contributed by atoms with Gasteiger partial charge in [-0.1, -0.05) is 0 Å². The van der Waals surface area contributed by atoms with Crippen LogP contribution in [0, 0.1) is 6.92 Å². The topological polar surface area (TPSA) is 72.4 Å². The lowest BCUT2D eigenvalue weighted by atomic mass is 10.3. The third-order valence-electron chi connectivity index (χ3n) is 2.46. The number of imidazole rings is 1. The van der Waals surface area contributed by atoms with E-state index >= 15 is 0 Å². The molecule has 2 aromatic heterocycles. The first-order chi connectivity index (χ1) is 8.19. The van der Waals surface area contributed by atoms with Crippen molar-refractivity contribution in [3.8, 4) is 0 Å². The summed E-state index contributed by atoms with van der Waals surface area (Å²) in [6.45, 7) is 2.47. The predicted molar refractivity (Wildman–Crippen MR) is 66.8 cm³/mol. The molecule has 0 unspecified atom stereocenters. The van der Waals surface area contributed by atoms with Gasteiger partial charge in [-0.3, -0.25) is 4.79 Å². The van der Waals surface area contributed by atoms with Gasteiger partial charge in [0.25, 0.3) is 0 Å². The minimum absolute atomic E-state index is 0.00774. The number of rotatable bonds is 4. The highest BCUT2D eigenvalue weighted by atomic mass is 16.1. The van der Waals surface area contributed by atoms with Crippen molar-refractivity contribution in [3.05, 3.63) is 30.2 Å². The lowest BCUT2D eigenvalue weighted by Gasteiger charge is -2.04. The van der Waals surface area contributed by atoms with E-state index in [1.165, 1.54) is 0 Å². The van der Waals surface area contributed by atoms with Crippen LogP contribution in [0.25, 0.3) is 5.65 Å². The predicted octanol–water partition coefficient (Wildman–Crippen LogP) is 1.32. The van der Waals surface area contributed by atoms with E-state index in [2.05, 4.69) is 10.3 Å². The van der Waals surface area contributed by atoms with Crippen LogP contribution in [0.3, 0.4) is 0 Å². The Hall–Kier alpha value is -1.88. The van der Waals surface area contributed by atoms with Crippen LogP contribution in [0.5, 0.6) is 0 Å². The molecule has 0 fully saturated rings. The van der Waals surface area contributed by atoms with Gasteiger partial charge in [-0.05, 0) is 32.0 Å². The summed E-state index contributed by atoms with van der Waals surface area (Å²) in [5.74, 6) is -0.00774. The average molecular weight is 232 g/mol. The first-order valence-corrected chi connectivity index (χ1v) is 5.64. The van der Waals surface area contributed by atoms with Gasteiger partial charge in [-0.25, -0.2) is 4.98 Å². The molecule has 5 heteroatoms. The summed E-state index contributed by atoms with van der Waals surface area (Å²) in [5, 5.41) is 2.84. The summed E-state index contributed by atoms with van der Waals surface area (Å²) >= 11 is 0. The number of pyridine rings is 1. The number of anilines is 1. The molecule has 0 radical (unpaired) electrons. The number of hydrogen-bond acceptors (Lipinski definition) is 3. The Bertz CT molecular complexity index is 532. The SMILES string of the molecule is Cc1cn2cc(NC(=O)CCCN)ccc2n1. The second kappa shape index (κ2) is 4.97. The van der Waals surface area contributed by atoms with Gasteiger partial charge < -0.3 is 15.5 Å². The molecule has 3 N–H and O–H groups in total. The Balaban J connectivity index is 2.10. The van der Waals surface area contributed by atoms with Gasteiger partial charge >= 0.3 is 0 Å². The molecule has 0 spiro atoms. The standard InChI is InChI=1S/C12H16N4O/c1-9-7-16-8-10(4-5-11(16)14-9)15-12(17)3-2-6-13/h4-5,7-8H,2-3,6,13H2,1H3,(H,15,17). The monoisotopic (exact) mass is 232 g/mol. The second-order valence-corrected chi connectivity index (χ2v) is 4.01. The molecule has 2 heterocycles. The molecule has 1 amide bonds. The zero-order valence-electron chi connectivity index (χ0n) is 9.81. The average Bonchev–Trinajstić information content (AvgIpc) is 2.65. The molecular weight excluding hydrogens is 216 g/mol. The molecule has 0 aliphatic carbocycles. The number of nitrogens with one attached hydrogen (secondary N) is 1. The van der Waals surface area contributed by atoms with Gasteiger partial charge in [0.15, 0.2) is 0 Å². The highest BCUT2D eigenvalue weighted by Gasteiger charge is 2.03. The van der Waals surface area contributed by atoms with Crippen LogP contribution in [0.2, 0.25) is 0 Å². The van der Waals surface area contributed by atoms with Crippen molar-refractivity contribution in [1.29, 1.82) is 0 Å². The number of carbonyl (C=O) groups excluding carboxylic acids is 1. The zero-order chi connectivity index (χ0) is 12.3.